The molecular weight excluding hydrogens is 683 g/mol. The first kappa shape index (κ1) is 30.3. The maximum atomic E-state index is 5.70. The summed E-state index contributed by atoms with van der Waals surface area (Å²) >= 11 is 0. The van der Waals surface area contributed by atoms with E-state index in [1.807, 2.05) is 30.6 Å². The van der Waals surface area contributed by atoms with E-state index in [1.54, 1.807) is 6.26 Å². The Morgan fingerprint density at radius 1 is 0.780 bits per heavy atom. The van der Waals surface area contributed by atoms with E-state index in [1.165, 1.54) is 27.8 Å². The van der Waals surface area contributed by atoms with Gasteiger partial charge in [-0.25, -0.2) is 0 Å². The Balaban J connectivity index is 0.000000200. The summed E-state index contributed by atoms with van der Waals surface area (Å²) in [7, 11) is 0. The molecule has 0 N–H and O–H groups in total. The molecule has 0 bridgehead atoms. The third kappa shape index (κ3) is 6.48. The summed E-state index contributed by atoms with van der Waals surface area (Å²) in [6.07, 6.45) is 5.45. The van der Waals surface area contributed by atoms with Gasteiger partial charge < -0.3 is 9.40 Å². The summed E-state index contributed by atoms with van der Waals surface area (Å²) in [5.41, 5.74) is 12.9. The number of furan rings is 1. The summed E-state index contributed by atoms with van der Waals surface area (Å²) in [4.78, 5) is 13.9. The van der Waals surface area contributed by atoms with E-state index in [0.717, 1.165) is 50.1 Å². The molecule has 4 heterocycles. The van der Waals surface area contributed by atoms with Crippen molar-refractivity contribution in [3.63, 3.8) is 0 Å². The predicted octanol–water partition coefficient (Wildman–Crippen LogP) is 9.23. The number of aryl methyl sites for hydroxylation is 5. The van der Waals surface area contributed by atoms with E-state index < -0.39 is 0 Å². The van der Waals surface area contributed by atoms with Crippen LogP contribution in [0.4, 0.5) is 0 Å². The molecule has 0 saturated heterocycles. The first-order valence-corrected chi connectivity index (χ1v) is 13.6. The largest absolute Gasteiger partial charge is 0.506 e. The van der Waals surface area contributed by atoms with Crippen molar-refractivity contribution >= 4 is 21.9 Å². The van der Waals surface area contributed by atoms with Gasteiger partial charge >= 0.3 is 0 Å². The molecule has 5 heteroatoms. The zero-order valence-corrected chi connectivity index (χ0v) is 27.3. The van der Waals surface area contributed by atoms with Crippen LogP contribution in [-0.4, -0.2) is 15.0 Å². The number of hydrogen-bond donors (Lipinski definition) is 0. The summed E-state index contributed by atoms with van der Waals surface area (Å²) in [6.45, 7) is 17.0. The zero-order chi connectivity index (χ0) is 28.6. The molecule has 4 nitrogen and oxygen atoms in total. The number of fused-ring (bicyclic) bond motifs is 3. The van der Waals surface area contributed by atoms with E-state index in [0.29, 0.717) is 0 Å². The van der Waals surface area contributed by atoms with Gasteiger partial charge in [-0.3, -0.25) is 9.97 Å². The number of nitrogens with zero attached hydrogens (tertiary/aromatic N) is 3. The Bertz CT molecular complexity index is 1800. The van der Waals surface area contributed by atoms with Gasteiger partial charge in [0, 0.05) is 61.1 Å². The molecule has 0 aliphatic carbocycles. The zero-order valence-electron chi connectivity index (χ0n) is 24.9. The molecule has 2 aromatic carbocycles. The quantitative estimate of drug-likeness (QED) is 0.168. The van der Waals surface area contributed by atoms with E-state index in [4.69, 9.17) is 9.40 Å². The third-order valence-corrected chi connectivity index (χ3v) is 7.32. The van der Waals surface area contributed by atoms with Crippen molar-refractivity contribution in [3.05, 3.63) is 113 Å². The van der Waals surface area contributed by atoms with Crippen LogP contribution in [0.3, 0.4) is 0 Å². The van der Waals surface area contributed by atoms with Crippen LogP contribution in [0.15, 0.2) is 71.6 Å². The first-order valence-electron chi connectivity index (χ1n) is 13.6. The second-order valence-electron chi connectivity index (χ2n) is 11.6. The van der Waals surface area contributed by atoms with Gasteiger partial charge in [0.25, 0.3) is 0 Å². The number of rotatable bonds is 2. The minimum Gasteiger partial charge on any atom is -0.506 e. The fraction of sp³-hybridized carbons (Fsp3) is 0.250. The standard InChI is InChI=1S/C21H19N2O.C15H16N.Ir/c1-13-7-9-22-17(11-13)16-12-14-8-10-24-20(14)19-15(16)5-6-18(23-19)21(2,3)4;1-10-5-6-14(7-11(10)2)15-8-12(3)13(4)9-16-15;/h5-11H,1-4H3;5,7-9H,1-4H3;/q2*-1;. The van der Waals surface area contributed by atoms with Gasteiger partial charge in [0.1, 0.15) is 0 Å². The van der Waals surface area contributed by atoms with Gasteiger partial charge in [0.05, 0.1) is 5.58 Å². The maximum Gasteiger partial charge on any atom is 0.0847 e. The smallest absolute Gasteiger partial charge is 0.0847 e. The predicted molar refractivity (Wildman–Crippen MR) is 164 cm³/mol. The fourth-order valence-corrected chi connectivity index (χ4v) is 4.51. The van der Waals surface area contributed by atoms with E-state index in [2.05, 4.69) is 108 Å². The second-order valence-corrected chi connectivity index (χ2v) is 11.6. The maximum absolute atomic E-state index is 5.70. The molecule has 0 atom stereocenters. The summed E-state index contributed by atoms with van der Waals surface area (Å²) in [5, 5.41) is 1.95. The van der Waals surface area contributed by atoms with Crippen molar-refractivity contribution in [1.29, 1.82) is 0 Å². The molecule has 0 unspecified atom stereocenters. The molecule has 0 amide bonds. The molecule has 6 rings (SSSR count). The van der Waals surface area contributed by atoms with Crippen LogP contribution in [0.5, 0.6) is 0 Å². The molecule has 0 aliphatic heterocycles. The Morgan fingerprint density at radius 2 is 1.54 bits per heavy atom. The molecule has 4 aromatic heterocycles. The van der Waals surface area contributed by atoms with Crippen molar-refractivity contribution in [1.82, 2.24) is 15.0 Å². The molecule has 0 saturated carbocycles. The van der Waals surface area contributed by atoms with Gasteiger partial charge in [-0.15, -0.1) is 41.0 Å². The Labute approximate surface area is 256 Å². The van der Waals surface area contributed by atoms with Crippen LogP contribution in [-0.2, 0) is 25.5 Å². The van der Waals surface area contributed by atoms with Crippen molar-refractivity contribution in [2.24, 2.45) is 0 Å². The van der Waals surface area contributed by atoms with E-state index >= 15 is 0 Å². The first-order chi connectivity index (χ1) is 19.0. The minimum atomic E-state index is -0.0194. The Morgan fingerprint density at radius 3 is 2.22 bits per heavy atom. The van der Waals surface area contributed by atoms with Crippen LogP contribution in [0, 0.1) is 46.8 Å². The molecule has 0 spiro atoms. The number of benzene rings is 2. The monoisotopic (exact) mass is 718 g/mol. The number of pyridine rings is 3. The molecule has 1 radical (unpaired) electrons. The summed E-state index contributed by atoms with van der Waals surface area (Å²) in [6, 6.07) is 23.2. The SMILES string of the molecule is Cc1c[c-]c(-c2cc(C)c(C)cn2)cc1C.Cc1ccnc(-c2[c-]c3ccoc3c3nc(C(C)(C)C)ccc23)c1.[Ir]. The third-order valence-electron chi connectivity index (χ3n) is 7.32. The fourth-order valence-electron chi connectivity index (χ4n) is 4.51. The average molecular weight is 718 g/mol. The van der Waals surface area contributed by atoms with Crippen LogP contribution in [0.1, 0.15) is 54.3 Å². The molecular formula is C36H35IrN3O-2. The molecule has 0 aliphatic rings. The van der Waals surface area contributed by atoms with Crippen LogP contribution in [0.25, 0.3) is 44.4 Å². The molecule has 41 heavy (non-hydrogen) atoms. The summed E-state index contributed by atoms with van der Waals surface area (Å²) < 4.78 is 5.70. The number of hydrogen-bond acceptors (Lipinski definition) is 4. The number of aromatic nitrogens is 3. The van der Waals surface area contributed by atoms with Gasteiger partial charge in [0.15, 0.2) is 0 Å². The van der Waals surface area contributed by atoms with Crippen LogP contribution in [0.2, 0.25) is 0 Å². The minimum absolute atomic E-state index is 0. The Hall–Kier alpha value is -3.66. The van der Waals surface area contributed by atoms with Crippen molar-refractivity contribution in [2.45, 2.75) is 60.8 Å². The topological polar surface area (TPSA) is 51.8 Å². The van der Waals surface area contributed by atoms with Crippen molar-refractivity contribution < 1.29 is 24.5 Å². The molecule has 6 aromatic rings. The molecule has 211 valence electrons. The van der Waals surface area contributed by atoms with Crippen LogP contribution >= 0.6 is 0 Å². The summed E-state index contributed by atoms with van der Waals surface area (Å²) in [5.74, 6) is 0. The normalized spacial score (nSPS) is 11.2. The van der Waals surface area contributed by atoms with Crippen molar-refractivity contribution in [2.75, 3.05) is 0 Å². The van der Waals surface area contributed by atoms with E-state index in [9.17, 15) is 0 Å². The average Bonchev–Trinajstić information content (AvgIpc) is 3.40. The van der Waals surface area contributed by atoms with Crippen LogP contribution < -0.4 is 0 Å². The van der Waals surface area contributed by atoms with Gasteiger partial charge in [-0.05, 0) is 44.2 Å². The van der Waals surface area contributed by atoms with E-state index in [-0.39, 0.29) is 25.5 Å². The Kier molecular flexibility index (Phi) is 8.91. The molecule has 0 fully saturated rings. The van der Waals surface area contributed by atoms with Gasteiger partial charge in [-0.1, -0.05) is 86.3 Å². The van der Waals surface area contributed by atoms with Gasteiger partial charge in [0.2, 0.25) is 0 Å². The van der Waals surface area contributed by atoms with Crippen molar-refractivity contribution in [3.8, 4) is 22.5 Å². The second kappa shape index (κ2) is 12.1. The van der Waals surface area contributed by atoms with Gasteiger partial charge in [-0.2, -0.15) is 0 Å².